The molecule has 1 N–H and O–H groups in total. The molecule has 1 unspecified atom stereocenters. The molecule has 2 nitrogen and oxygen atoms in total. The van der Waals surface area contributed by atoms with E-state index in [9.17, 15) is 0 Å². The number of nitrogens with zero attached hydrogens (tertiary/aromatic N) is 1. The van der Waals surface area contributed by atoms with Crippen LogP contribution in [0.3, 0.4) is 0 Å². The molecule has 0 saturated carbocycles. The summed E-state index contributed by atoms with van der Waals surface area (Å²) >= 11 is 6.17. The Morgan fingerprint density at radius 3 is 2.72 bits per heavy atom. The van der Waals surface area contributed by atoms with E-state index in [1.807, 2.05) is 25.2 Å². The maximum atomic E-state index is 6.17. The van der Waals surface area contributed by atoms with Crippen LogP contribution in [0.5, 0.6) is 0 Å². The van der Waals surface area contributed by atoms with Crippen molar-refractivity contribution in [2.24, 2.45) is 0 Å². The molecule has 0 bridgehead atoms. The highest BCUT2D eigenvalue weighted by Gasteiger charge is 2.08. The van der Waals surface area contributed by atoms with Crippen LogP contribution in [0.2, 0.25) is 5.02 Å². The Hall–Kier alpha value is -1.25. The van der Waals surface area contributed by atoms with E-state index in [1.54, 1.807) is 0 Å². The summed E-state index contributed by atoms with van der Waals surface area (Å²) in [5.41, 5.74) is 2.48. The first kappa shape index (κ1) is 13.2. The van der Waals surface area contributed by atoms with Gasteiger partial charge in [-0.3, -0.25) is 0 Å². The molecule has 1 atom stereocenters. The van der Waals surface area contributed by atoms with Crippen LogP contribution in [0.4, 0.5) is 0 Å². The number of aromatic nitrogens is 1. The van der Waals surface area contributed by atoms with Crippen molar-refractivity contribution in [3.05, 3.63) is 58.9 Å². The maximum absolute atomic E-state index is 6.17. The molecule has 0 aliphatic heterocycles. The van der Waals surface area contributed by atoms with Crippen molar-refractivity contribution in [3.63, 3.8) is 0 Å². The molecule has 2 rings (SSSR count). The van der Waals surface area contributed by atoms with Crippen LogP contribution < -0.4 is 5.32 Å². The average Bonchev–Trinajstić information content (AvgIpc) is 2.82. The third kappa shape index (κ3) is 2.95. The molecule has 0 amide bonds. The monoisotopic (exact) mass is 262 g/mol. The van der Waals surface area contributed by atoms with Crippen molar-refractivity contribution in [1.29, 1.82) is 0 Å². The smallest absolute Gasteiger partial charge is 0.0485 e. The molecule has 0 fully saturated rings. The fourth-order valence-corrected chi connectivity index (χ4v) is 2.39. The molecule has 1 aromatic carbocycles. The van der Waals surface area contributed by atoms with Gasteiger partial charge in [-0.05, 0) is 36.7 Å². The Morgan fingerprint density at radius 2 is 2.06 bits per heavy atom. The van der Waals surface area contributed by atoms with Gasteiger partial charge in [0.15, 0.2) is 0 Å². The molecular weight excluding hydrogens is 244 g/mol. The minimum absolute atomic E-state index is 0.428. The molecule has 1 aromatic heterocycles. The van der Waals surface area contributed by atoms with Gasteiger partial charge in [-0.25, -0.2) is 0 Å². The van der Waals surface area contributed by atoms with Gasteiger partial charge in [0.25, 0.3) is 0 Å². The molecule has 3 heteroatoms. The van der Waals surface area contributed by atoms with E-state index >= 15 is 0 Å². The Morgan fingerprint density at radius 1 is 1.28 bits per heavy atom. The summed E-state index contributed by atoms with van der Waals surface area (Å²) in [6.07, 6.45) is 5.39. The summed E-state index contributed by atoms with van der Waals surface area (Å²) < 4.78 is 2.18. The normalized spacial score (nSPS) is 12.6. The van der Waals surface area contributed by atoms with Crippen molar-refractivity contribution in [3.8, 4) is 0 Å². The third-order valence-electron chi connectivity index (χ3n) is 3.24. The topological polar surface area (TPSA) is 17.0 Å². The van der Waals surface area contributed by atoms with Gasteiger partial charge in [0.2, 0.25) is 0 Å². The van der Waals surface area contributed by atoms with Crippen molar-refractivity contribution in [2.45, 2.75) is 25.9 Å². The zero-order valence-electron chi connectivity index (χ0n) is 10.9. The van der Waals surface area contributed by atoms with Gasteiger partial charge in [-0.15, -0.1) is 0 Å². The Bertz CT molecular complexity index is 501. The highest BCUT2D eigenvalue weighted by Crippen LogP contribution is 2.19. The van der Waals surface area contributed by atoms with Crippen LogP contribution in [0.1, 0.15) is 30.5 Å². The van der Waals surface area contributed by atoms with Crippen LogP contribution >= 0.6 is 11.6 Å². The number of benzene rings is 1. The Balaban J connectivity index is 2.14. The number of halogens is 1. The second kappa shape index (κ2) is 6.07. The van der Waals surface area contributed by atoms with Gasteiger partial charge in [0.05, 0.1) is 0 Å². The SMILES string of the molecule is CCC(NC)c1ccn(Cc2ccccc2Cl)c1. The highest BCUT2D eigenvalue weighted by atomic mass is 35.5. The lowest BCUT2D eigenvalue weighted by molar-refractivity contribution is 0.575. The maximum Gasteiger partial charge on any atom is 0.0485 e. The number of rotatable bonds is 5. The second-order valence-corrected chi connectivity index (χ2v) is 4.87. The summed E-state index contributed by atoms with van der Waals surface area (Å²) in [6, 6.07) is 10.6. The molecule has 0 radical (unpaired) electrons. The summed E-state index contributed by atoms with van der Waals surface area (Å²) in [6.45, 7) is 3.01. The number of nitrogens with one attached hydrogen (secondary N) is 1. The van der Waals surface area contributed by atoms with Crippen LogP contribution in [0.15, 0.2) is 42.7 Å². The summed E-state index contributed by atoms with van der Waals surface area (Å²) in [5, 5.41) is 4.14. The van der Waals surface area contributed by atoms with Crippen LogP contribution in [-0.4, -0.2) is 11.6 Å². The minimum Gasteiger partial charge on any atom is -0.350 e. The first-order valence-corrected chi connectivity index (χ1v) is 6.68. The Kier molecular flexibility index (Phi) is 4.45. The molecule has 1 heterocycles. The van der Waals surface area contributed by atoms with E-state index in [0.29, 0.717) is 6.04 Å². The summed E-state index contributed by atoms with van der Waals surface area (Å²) in [5.74, 6) is 0. The van der Waals surface area contributed by atoms with Crippen LogP contribution in [0, 0.1) is 0 Å². The Labute approximate surface area is 114 Å². The van der Waals surface area contributed by atoms with Crippen LogP contribution in [-0.2, 0) is 6.54 Å². The van der Waals surface area contributed by atoms with Gasteiger partial charge < -0.3 is 9.88 Å². The highest BCUT2D eigenvalue weighted by molar-refractivity contribution is 6.31. The fraction of sp³-hybridized carbons (Fsp3) is 0.333. The zero-order chi connectivity index (χ0) is 13.0. The van der Waals surface area contributed by atoms with Crippen LogP contribution in [0.25, 0.3) is 0 Å². The largest absolute Gasteiger partial charge is 0.350 e. The van der Waals surface area contributed by atoms with Gasteiger partial charge in [-0.2, -0.15) is 0 Å². The molecule has 0 spiro atoms. The van der Waals surface area contributed by atoms with Crippen molar-refractivity contribution < 1.29 is 0 Å². The van der Waals surface area contributed by atoms with Crippen molar-refractivity contribution in [2.75, 3.05) is 7.05 Å². The second-order valence-electron chi connectivity index (χ2n) is 4.46. The zero-order valence-corrected chi connectivity index (χ0v) is 11.6. The fourth-order valence-electron chi connectivity index (χ4n) is 2.19. The lowest BCUT2D eigenvalue weighted by Crippen LogP contribution is -2.14. The summed E-state index contributed by atoms with van der Waals surface area (Å²) in [4.78, 5) is 0. The van der Waals surface area contributed by atoms with E-state index in [4.69, 9.17) is 11.6 Å². The number of hydrogen-bond donors (Lipinski definition) is 1. The first-order valence-electron chi connectivity index (χ1n) is 6.31. The molecule has 2 aromatic rings. The predicted molar refractivity (Wildman–Crippen MR) is 77.1 cm³/mol. The van der Waals surface area contributed by atoms with E-state index in [-0.39, 0.29) is 0 Å². The average molecular weight is 263 g/mol. The lowest BCUT2D eigenvalue weighted by atomic mass is 10.1. The predicted octanol–water partition coefficient (Wildman–Crippen LogP) is 3.86. The van der Waals surface area contributed by atoms with Gasteiger partial charge in [-0.1, -0.05) is 36.7 Å². The van der Waals surface area contributed by atoms with Crippen molar-refractivity contribution >= 4 is 11.6 Å². The van der Waals surface area contributed by atoms with Gasteiger partial charge in [0.1, 0.15) is 0 Å². The summed E-state index contributed by atoms with van der Waals surface area (Å²) in [7, 11) is 2.00. The van der Waals surface area contributed by atoms with E-state index < -0.39 is 0 Å². The molecule has 0 aliphatic rings. The van der Waals surface area contributed by atoms with Gasteiger partial charge >= 0.3 is 0 Å². The molecular formula is C15H19ClN2. The molecule has 96 valence electrons. The van der Waals surface area contributed by atoms with E-state index in [0.717, 1.165) is 23.6 Å². The number of hydrogen-bond acceptors (Lipinski definition) is 1. The third-order valence-corrected chi connectivity index (χ3v) is 3.61. The first-order chi connectivity index (χ1) is 8.74. The molecule has 0 aliphatic carbocycles. The molecule has 18 heavy (non-hydrogen) atoms. The standard InChI is InChI=1S/C15H19ClN2/c1-3-15(17-2)13-8-9-18(11-13)10-12-6-4-5-7-14(12)16/h4-9,11,15,17H,3,10H2,1-2H3. The van der Waals surface area contributed by atoms with Crippen molar-refractivity contribution in [1.82, 2.24) is 9.88 Å². The quantitative estimate of drug-likeness (QED) is 0.866. The van der Waals surface area contributed by atoms with E-state index in [2.05, 4.69) is 41.3 Å². The lowest BCUT2D eigenvalue weighted by Gasteiger charge is -2.11. The molecule has 0 saturated heterocycles. The van der Waals surface area contributed by atoms with Gasteiger partial charge in [0, 0.05) is 30.0 Å². The van der Waals surface area contributed by atoms with E-state index in [1.165, 1.54) is 5.56 Å². The minimum atomic E-state index is 0.428.